The summed E-state index contributed by atoms with van der Waals surface area (Å²) in [6, 6.07) is 12.4. The van der Waals surface area contributed by atoms with Crippen LogP contribution >= 0.6 is 24.0 Å². The average Bonchev–Trinajstić information content (AvgIpc) is 3.01. The minimum absolute atomic E-state index is 0.190. The lowest BCUT2D eigenvalue weighted by atomic mass is 10.2. The molecule has 0 unspecified atom stereocenters. The van der Waals surface area contributed by atoms with Gasteiger partial charge in [0.25, 0.3) is 11.8 Å². The van der Waals surface area contributed by atoms with Crippen molar-refractivity contribution in [2.24, 2.45) is 0 Å². The Balaban J connectivity index is 1.67. The molecular weight excluding hydrogens is 452 g/mol. The summed E-state index contributed by atoms with van der Waals surface area (Å²) in [6.45, 7) is 1.27. The van der Waals surface area contributed by atoms with Gasteiger partial charge in [0.05, 0.1) is 12.0 Å². The number of thioether (sulfide) groups is 1. The number of rotatable bonds is 8. The summed E-state index contributed by atoms with van der Waals surface area (Å²) >= 11 is 6.12. The molecule has 166 valence electrons. The summed E-state index contributed by atoms with van der Waals surface area (Å²) in [7, 11) is 1.46. The van der Waals surface area contributed by atoms with Crippen molar-refractivity contribution < 1.29 is 29.0 Å². The number of benzene rings is 2. The molecule has 0 radical (unpaired) electrons. The molecule has 1 saturated heterocycles. The molecule has 3 rings (SSSR count). The summed E-state index contributed by atoms with van der Waals surface area (Å²) in [5.74, 6) is -1.18. The minimum Gasteiger partial charge on any atom is -0.493 e. The largest absolute Gasteiger partial charge is 0.493 e. The second kappa shape index (κ2) is 10.3. The molecule has 0 atom stereocenters. The van der Waals surface area contributed by atoms with Crippen molar-refractivity contribution in [1.82, 2.24) is 4.90 Å². The smallest absolute Gasteiger partial charge is 0.323 e. The predicted molar refractivity (Wildman–Crippen MR) is 126 cm³/mol. The highest BCUT2D eigenvalue weighted by molar-refractivity contribution is 8.26. The van der Waals surface area contributed by atoms with Crippen molar-refractivity contribution in [3.8, 4) is 11.5 Å². The Morgan fingerprint density at radius 3 is 2.56 bits per heavy atom. The van der Waals surface area contributed by atoms with Gasteiger partial charge < -0.3 is 19.9 Å². The van der Waals surface area contributed by atoms with Gasteiger partial charge in [0.1, 0.15) is 10.9 Å². The molecule has 1 aliphatic heterocycles. The molecule has 2 N–H and O–H groups in total. The normalized spacial score (nSPS) is 14.6. The molecule has 0 spiro atoms. The first-order valence-corrected chi connectivity index (χ1v) is 10.6. The van der Waals surface area contributed by atoms with E-state index in [9.17, 15) is 14.4 Å². The summed E-state index contributed by atoms with van der Waals surface area (Å²) in [4.78, 5) is 36.8. The van der Waals surface area contributed by atoms with E-state index in [1.165, 1.54) is 7.11 Å². The summed E-state index contributed by atoms with van der Waals surface area (Å²) in [5.41, 5.74) is 2.40. The standard InChI is InChI=1S/C22H20N2O6S2/c1-13-3-6-15(7-4-13)23-19(25)12-30-16-8-5-14(9-17(16)29-2)10-18-21(28)24(11-20(26)27)22(31)32-18/h3-10H,11-12H2,1-2H3,(H,23,25)(H,26,27)/b18-10-. The lowest BCUT2D eigenvalue weighted by Crippen LogP contribution is -2.33. The van der Waals surface area contributed by atoms with Crippen molar-refractivity contribution in [2.75, 3.05) is 25.6 Å². The number of methoxy groups -OCH3 is 1. The van der Waals surface area contributed by atoms with E-state index < -0.39 is 18.4 Å². The number of aryl methyl sites for hydroxylation is 1. The Hall–Kier alpha value is -3.37. The molecule has 1 heterocycles. The summed E-state index contributed by atoms with van der Waals surface area (Å²) < 4.78 is 11.1. The number of carboxylic acids is 1. The fraction of sp³-hybridized carbons (Fsp3) is 0.182. The zero-order valence-electron chi connectivity index (χ0n) is 17.3. The third-order valence-corrected chi connectivity index (χ3v) is 5.72. The fourth-order valence-corrected chi connectivity index (χ4v) is 4.05. The van der Waals surface area contributed by atoms with Crippen LogP contribution in [0.1, 0.15) is 11.1 Å². The third kappa shape index (κ3) is 5.86. The van der Waals surface area contributed by atoms with Gasteiger partial charge in [0.2, 0.25) is 0 Å². The topological polar surface area (TPSA) is 105 Å². The van der Waals surface area contributed by atoms with E-state index in [4.69, 9.17) is 26.8 Å². The molecule has 0 bridgehead atoms. The highest BCUT2D eigenvalue weighted by Crippen LogP contribution is 2.34. The van der Waals surface area contributed by atoms with E-state index in [-0.39, 0.29) is 16.8 Å². The molecule has 2 amide bonds. The van der Waals surface area contributed by atoms with Crippen molar-refractivity contribution in [2.45, 2.75) is 6.92 Å². The Labute approximate surface area is 194 Å². The number of carbonyl (C=O) groups is 3. The number of amides is 2. The number of anilines is 1. The Morgan fingerprint density at radius 2 is 1.91 bits per heavy atom. The molecule has 1 fully saturated rings. The quantitative estimate of drug-likeness (QED) is 0.445. The monoisotopic (exact) mass is 472 g/mol. The molecular formula is C22H20N2O6S2. The molecule has 2 aromatic carbocycles. The Morgan fingerprint density at radius 1 is 1.19 bits per heavy atom. The van der Waals surface area contributed by atoms with Crippen molar-refractivity contribution >= 4 is 57.8 Å². The maximum absolute atomic E-state index is 12.4. The van der Waals surface area contributed by atoms with Gasteiger partial charge >= 0.3 is 5.97 Å². The summed E-state index contributed by atoms with van der Waals surface area (Å²) in [5, 5.41) is 11.7. The first-order valence-electron chi connectivity index (χ1n) is 9.41. The van der Waals surface area contributed by atoms with E-state index in [1.807, 2.05) is 31.2 Å². The third-order valence-electron chi connectivity index (χ3n) is 4.35. The lowest BCUT2D eigenvalue weighted by Gasteiger charge is -2.12. The van der Waals surface area contributed by atoms with Gasteiger partial charge in [-0.15, -0.1) is 0 Å². The first-order chi connectivity index (χ1) is 15.3. The van der Waals surface area contributed by atoms with Crippen LogP contribution in [0.2, 0.25) is 0 Å². The SMILES string of the molecule is COc1cc(/C=C2\SC(=S)N(CC(=O)O)C2=O)ccc1OCC(=O)Nc1ccc(C)cc1. The Bertz CT molecular complexity index is 1100. The van der Waals surface area contributed by atoms with Gasteiger partial charge in [-0.1, -0.05) is 47.7 Å². The van der Waals surface area contributed by atoms with E-state index in [1.54, 1.807) is 24.3 Å². The molecule has 1 aliphatic rings. The van der Waals surface area contributed by atoms with Crippen molar-refractivity contribution in [3.05, 3.63) is 58.5 Å². The summed E-state index contributed by atoms with van der Waals surface area (Å²) in [6.07, 6.45) is 1.59. The number of ether oxygens (including phenoxy) is 2. The minimum atomic E-state index is -1.14. The van der Waals surface area contributed by atoms with E-state index in [2.05, 4.69) is 5.32 Å². The van der Waals surface area contributed by atoms with Crippen LogP contribution in [0.5, 0.6) is 11.5 Å². The second-order valence-electron chi connectivity index (χ2n) is 6.77. The number of hydrogen-bond acceptors (Lipinski definition) is 7. The maximum Gasteiger partial charge on any atom is 0.323 e. The molecule has 10 heteroatoms. The van der Waals surface area contributed by atoms with Gasteiger partial charge in [-0.3, -0.25) is 19.3 Å². The maximum atomic E-state index is 12.4. The highest BCUT2D eigenvalue weighted by atomic mass is 32.2. The molecule has 32 heavy (non-hydrogen) atoms. The van der Waals surface area contributed by atoms with Crippen LogP contribution in [0, 0.1) is 6.92 Å². The van der Waals surface area contributed by atoms with Gasteiger partial charge in [0, 0.05) is 5.69 Å². The van der Waals surface area contributed by atoms with Crippen LogP contribution in [-0.4, -0.2) is 52.4 Å². The van der Waals surface area contributed by atoms with Gasteiger partial charge in [-0.2, -0.15) is 0 Å². The number of nitrogens with one attached hydrogen (secondary N) is 1. The molecule has 0 saturated carbocycles. The van der Waals surface area contributed by atoms with Gasteiger partial charge in [0.15, 0.2) is 18.1 Å². The van der Waals surface area contributed by atoms with Gasteiger partial charge in [-0.25, -0.2) is 0 Å². The van der Waals surface area contributed by atoms with Crippen molar-refractivity contribution in [1.29, 1.82) is 0 Å². The zero-order valence-corrected chi connectivity index (χ0v) is 18.9. The van der Waals surface area contributed by atoms with Crippen LogP contribution in [0.4, 0.5) is 5.69 Å². The Kier molecular flexibility index (Phi) is 7.49. The van der Waals surface area contributed by atoms with Crippen LogP contribution in [0.15, 0.2) is 47.4 Å². The fourth-order valence-electron chi connectivity index (χ4n) is 2.79. The van der Waals surface area contributed by atoms with Gasteiger partial charge in [-0.05, 0) is 42.8 Å². The number of carboxylic acid groups (broad SMARTS) is 1. The molecule has 0 aliphatic carbocycles. The van der Waals surface area contributed by atoms with E-state index in [0.29, 0.717) is 27.7 Å². The molecule has 8 nitrogen and oxygen atoms in total. The lowest BCUT2D eigenvalue weighted by molar-refractivity contribution is -0.140. The second-order valence-corrected chi connectivity index (χ2v) is 8.45. The number of hydrogen-bond donors (Lipinski definition) is 2. The first kappa shape index (κ1) is 23.3. The highest BCUT2D eigenvalue weighted by Gasteiger charge is 2.33. The van der Waals surface area contributed by atoms with Crippen LogP contribution in [0.25, 0.3) is 6.08 Å². The zero-order chi connectivity index (χ0) is 23.3. The number of nitrogens with zero attached hydrogens (tertiary/aromatic N) is 1. The van der Waals surface area contributed by atoms with Crippen LogP contribution in [0.3, 0.4) is 0 Å². The van der Waals surface area contributed by atoms with Crippen LogP contribution in [-0.2, 0) is 14.4 Å². The number of thiocarbonyl (C=S) groups is 1. The average molecular weight is 473 g/mol. The van der Waals surface area contributed by atoms with Crippen molar-refractivity contribution in [3.63, 3.8) is 0 Å². The molecule has 2 aromatic rings. The van der Waals surface area contributed by atoms with E-state index >= 15 is 0 Å². The molecule has 0 aromatic heterocycles. The van der Waals surface area contributed by atoms with E-state index in [0.717, 1.165) is 22.2 Å². The number of carbonyl (C=O) groups excluding carboxylic acids is 2. The van der Waals surface area contributed by atoms with Crippen LogP contribution < -0.4 is 14.8 Å². The predicted octanol–water partition coefficient (Wildman–Crippen LogP) is 3.31. The number of aliphatic carboxylic acids is 1.